The molecule has 2 rings (SSSR count). The predicted octanol–water partition coefficient (Wildman–Crippen LogP) is 1.77. The Bertz CT molecular complexity index is 546. The maximum absolute atomic E-state index is 12.1. The first-order valence-electron chi connectivity index (χ1n) is 5.06. The van der Waals surface area contributed by atoms with E-state index in [9.17, 15) is 4.79 Å². The fourth-order valence-corrected chi connectivity index (χ4v) is 1.96. The highest BCUT2D eigenvalue weighted by Crippen LogP contribution is 2.19. The number of carbonyl (C=O) groups is 1. The van der Waals surface area contributed by atoms with Crippen LogP contribution in [0.4, 0.5) is 10.9 Å². The Morgan fingerprint density at radius 1 is 1.56 bits per heavy atom. The summed E-state index contributed by atoms with van der Waals surface area (Å²) >= 11 is 4.30. The summed E-state index contributed by atoms with van der Waals surface area (Å²) < 4.78 is 4.30. The molecule has 9 heteroatoms. The summed E-state index contributed by atoms with van der Waals surface area (Å²) in [5.74, 6) is 0.217. The summed E-state index contributed by atoms with van der Waals surface area (Å²) in [6.07, 6.45) is 1.63. The molecule has 0 spiro atoms. The Morgan fingerprint density at radius 2 is 2.39 bits per heavy atom. The second-order valence-electron chi connectivity index (χ2n) is 3.20. The van der Waals surface area contributed by atoms with Crippen LogP contribution in [-0.2, 0) is 0 Å². The largest absolute Gasteiger partial charge is 0.370 e. The van der Waals surface area contributed by atoms with Crippen molar-refractivity contribution in [3.05, 3.63) is 22.3 Å². The molecule has 2 N–H and O–H groups in total. The van der Waals surface area contributed by atoms with E-state index in [1.54, 1.807) is 12.3 Å². The van der Waals surface area contributed by atoms with Crippen molar-refractivity contribution in [3.8, 4) is 0 Å². The van der Waals surface area contributed by atoms with E-state index in [4.69, 9.17) is 0 Å². The third-order valence-corrected chi connectivity index (χ3v) is 2.91. The van der Waals surface area contributed by atoms with E-state index in [1.165, 1.54) is 0 Å². The first-order chi connectivity index (χ1) is 8.70. The van der Waals surface area contributed by atoms with Crippen LogP contribution >= 0.6 is 27.5 Å². The number of pyridine rings is 1. The van der Waals surface area contributed by atoms with E-state index in [2.05, 4.69) is 46.3 Å². The molecule has 18 heavy (non-hydrogen) atoms. The Hall–Kier alpha value is -1.61. The smallest absolute Gasteiger partial charge is 0.261 e. The molecule has 0 aliphatic heterocycles. The van der Waals surface area contributed by atoms with Gasteiger partial charge < -0.3 is 5.32 Å². The van der Waals surface area contributed by atoms with E-state index >= 15 is 0 Å². The van der Waals surface area contributed by atoms with Gasteiger partial charge in [0.15, 0.2) is 0 Å². The van der Waals surface area contributed by atoms with Gasteiger partial charge in [-0.1, -0.05) is 9.59 Å². The maximum atomic E-state index is 12.1. The Labute approximate surface area is 115 Å². The molecule has 2 aromatic heterocycles. The molecule has 0 fully saturated rings. The zero-order chi connectivity index (χ0) is 13.0. The van der Waals surface area contributed by atoms with Gasteiger partial charge in [-0.3, -0.25) is 10.1 Å². The summed E-state index contributed by atoms with van der Waals surface area (Å²) in [5, 5.41) is 13.0. The maximum Gasteiger partial charge on any atom is 0.261 e. The molecular weight excluding hydrogens is 320 g/mol. The Morgan fingerprint density at radius 3 is 3.06 bits per heavy atom. The summed E-state index contributed by atoms with van der Waals surface area (Å²) in [7, 11) is 0. The summed E-state index contributed by atoms with van der Waals surface area (Å²) in [4.78, 5) is 16.2. The van der Waals surface area contributed by atoms with E-state index in [-0.39, 0.29) is 5.91 Å². The lowest BCUT2D eigenvalue weighted by Gasteiger charge is -2.08. The standard InChI is InChI=1S/C9H9BrN6OS/c1-2-11-7-6(3-5(10)4-12-7)8(17)13-9-14-15-16-18-9/h3-4H,2H2,1H3,(H,11,12)(H,13,14,16,17). The first-order valence-corrected chi connectivity index (χ1v) is 6.63. The number of anilines is 2. The van der Waals surface area contributed by atoms with Crippen molar-refractivity contribution in [1.29, 1.82) is 0 Å². The monoisotopic (exact) mass is 328 g/mol. The van der Waals surface area contributed by atoms with E-state index < -0.39 is 0 Å². The van der Waals surface area contributed by atoms with Gasteiger partial charge in [-0.25, -0.2) is 4.98 Å². The Kier molecular flexibility index (Phi) is 4.15. The molecule has 0 atom stereocenters. The zero-order valence-corrected chi connectivity index (χ0v) is 11.7. The second kappa shape index (κ2) is 5.83. The second-order valence-corrected chi connectivity index (χ2v) is 4.85. The molecule has 0 aliphatic carbocycles. The van der Waals surface area contributed by atoms with Crippen molar-refractivity contribution < 1.29 is 4.79 Å². The van der Waals surface area contributed by atoms with Gasteiger partial charge >= 0.3 is 0 Å². The van der Waals surface area contributed by atoms with Crippen LogP contribution < -0.4 is 10.6 Å². The number of rotatable bonds is 4. The lowest BCUT2D eigenvalue weighted by Crippen LogP contribution is -2.15. The summed E-state index contributed by atoms with van der Waals surface area (Å²) in [5.41, 5.74) is 0.432. The molecule has 0 aliphatic rings. The number of hydrogen-bond acceptors (Lipinski definition) is 7. The van der Waals surface area contributed by atoms with Crippen molar-refractivity contribution in [3.63, 3.8) is 0 Å². The lowest BCUT2D eigenvalue weighted by molar-refractivity contribution is 0.102. The van der Waals surface area contributed by atoms with Gasteiger partial charge in [-0.2, -0.15) is 0 Å². The number of nitrogens with one attached hydrogen (secondary N) is 2. The van der Waals surface area contributed by atoms with Gasteiger partial charge in [-0.15, -0.1) is 0 Å². The minimum Gasteiger partial charge on any atom is -0.370 e. The number of hydrogen-bond donors (Lipinski definition) is 2. The van der Waals surface area contributed by atoms with Crippen molar-refractivity contribution >= 4 is 44.3 Å². The molecule has 7 nitrogen and oxygen atoms in total. The quantitative estimate of drug-likeness (QED) is 0.888. The third kappa shape index (κ3) is 2.99. The van der Waals surface area contributed by atoms with Crippen LogP contribution in [0.1, 0.15) is 17.3 Å². The molecule has 0 bridgehead atoms. The highest BCUT2D eigenvalue weighted by atomic mass is 79.9. The molecular formula is C9H9BrN6OS. The van der Waals surface area contributed by atoms with Crippen molar-refractivity contribution in [1.82, 2.24) is 19.8 Å². The summed E-state index contributed by atoms with van der Waals surface area (Å²) in [6, 6.07) is 1.69. The molecule has 2 heterocycles. The van der Waals surface area contributed by atoms with E-state index in [1.807, 2.05) is 6.92 Å². The predicted molar refractivity (Wildman–Crippen MR) is 71.8 cm³/mol. The van der Waals surface area contributed by atoms with Crippen molar-refractivity contribution in [2.45, 2.75) is 6.92 Å². The molecule has 0 radical (unpaired) electrons. The topological polar surface area (TPSA) is 92.7 Å². The van der Waals surface area contributed by atoms with Crippen molar-refractivity contribution in [2.75, 3.05) is 17.2 Å². The number of nitrogens with zero attached hydrogens (tertiary/aromatic N) is 4. The normalized spacial score (nSPS) is 10.1. The van der Waals surface area contributed by atoms with Crippen LogP contribution in [0.5, 0.6) is 0 Å². The van der Waals surface area contributed by atoms with Crippen LogP contribution in [0, 0.1) is 0 Å². The van der Waals surface area contributed by atoms with Gasteiger partial charge in [0.1, 0.15) is 5.82 Å². The van der Waals surface area contributed by atoms with Crippen LogP contribution in [0.25, 0.3) is 0 Å². The van der Waals surface area contributed by atoms with Gasteiger partial charge in [0.2, 0.25) is 5.13 Å². The minimum absolute atomic E-state index is 0.307. The molecule has 0 unspecified atom stereocenters. The highest BCUT2D eigenvalue weighted by molar-refractivity contribution is 9.10. The molecule has 0 saturated carbocycles. The van der Waals surface area contributed by atoms with Crippen LogP contribution in [0.3, 0.4) is 0 Å². The van der Waals surface area contributed by atoms with E-state index in [0.717, 1.165) is 16.0 Å². The fourth-order valence-electron chi connectivity index (χ4n) is 1.27. The average molecular weight is 329 g/mol. The number of amides is 1. The lowest BCUT2D eigenvalue weighted by atomic mass is 10.2. The minimum atomic E-state index is -0.307. The zero-order valence-electron chi connectivity index (χ0n) is 9.35. The molecule has 0 saturated heterocycles. The van der Waals surface area contributed by atoms with E-state index in [0.29, 0.717) is 23.1 Å². The van der Waals surface area contributed by atoms with Gasteiger partial charge in [0, 0.05) is 28.7 Å². The van der Waals surface area contributed by atoms with Gasteiger partial charge in [-0.05, 0) is 34.1 Å². The Balaban J connectivity index is 2.25. The number of carbonyl (C=O) groups excluding carboxylic acids is 1. The third-order valence-electron chi connectivity index (χ3n) is 1.96. The molecule has 1 amide bonds. The average Bonchev–Trinajstić information content (AvgIpc) is 2.84. The molecule has 2 aromatic rings. The SMILES string of the molecule is CCNc1ncc(Br)cc1C(=O)Nc1nnns1. The molecule has 0 aromatic carbocycles. The number of aromatic nitrogens is 4. The van der Waals surface area contributed by atoms with Crippen LogP contribution in [0.15, 0.2) is 16.7 Å². The first kappa shape index (κ1) is 12.8. The van der Waals surface area contributed by atoms with Crippen LogP contribution in [0.2, 0.25) is 0 Å². The van der Waals surface area contributed by atoms with Crippen molar-refractivity contribution in [2.24, 2.45) is 0 Å². The number of halogens is 1. The van der Waals surface area contributed by atoms with Crippen LogP contribution in [-0.4, -0.2) is 32.2 Å². The fraction of sp³-hybridized carbons (Fsp3) is 0.222. The molecule has 94 valence electrons. The highest BCUT2D eigenvalue weighted by Gasteiger charge is 2.14. The van der Waals surface area contributed by atoms with Gasteiger partial charge in [0.25, 0.3) is 5.91 Å². The van der Waals surface area contributed by atoms with Gasteiger partial charge in [0.05, 0.1) is 5.56 Å². The summed E-state index contributed by atoms with van der Waals surface area (Å²) in [6.45, 7) is 2.61.